The number of aromatic amines is 1. The van der Waals surface area contributed by atoms with Crippen LogP contribution in [0.3, 0.4) is 0 Å². The zero-order valence-corrected chi connectivity index (χ0v) is 8.52. The predicted octanol–water partition coefficient (Wildman–Crippen LogP) is 2.99. The van der Waals surface area contributed by atoms with Crippen molar-refractivity contribution in [2.45, 2.75) is 10.4 Å². The Morgan fingerprint density at radius 1 is 1.38 bits per heavy atom. The van der Waals surface area contributed by atoms with Gasteiger partial charge >= 0.3 is 5.51 Å². The Morgan fingerprint density at radius 2 is 2.12 bits per heavy atom. The molecule has 0 fully saturated rings. The van der Waals surface area contributed by atoms with Gasteiger partial charge in [-0.2, -0.15) is 13.2 Å². The van der Waals surface area contributed by atoms with Crippen molar-refractivity contribution >= 4 is 29.1 Å². The number of imidazole rings is 1. The molecule has 0 atom stereocenters. The lowest BCUT2D eigenvalue weighted by Gasteiger charge is -2.06. The average Bonchev–Trinajstić information content (AvgIpc) is 2.63. The zero-order chi connectivity index (χ0) is 11.8. The van der Waals surface area contributed by atoms with E-state index in [1.54, 1.807) is 0 Å². The summed E-state index contributed by atoms with van der Waals surface area (Å²) in [5.74, 6) is 0. The first-order chi connectivity index (χ1) is 7.49. The van der Waals surface area contributed by atoms with Gasteiger partial charge in [-0.05, 0) is 23.9 Å². The summed E-state index contributed by atoms with van der Waals surface area (Å²) in [6, 6.07) is 2.63. The van der Waals surface area contributed by atoms with Gasteiger partial charge in [0, 0.05) is 10.5 Å². The van der Waals surface area contributed by atoms with Crippen LogP contribution in [0.2, 0.25) is 0 Å². The van der Waals surface area contributed by atoms with Gasteiger partial charge in [-0.3, -0.25) is 4.79 Å². The van der Waals surface area contributed by atoms with Crippen LogP contribution in [0.5, 0.6) is 0 Å². The molecule has 1 aromatic heterocycles. The maximum Gasteiger partial charge on any atom is 0.446 e. The van der Waals surface area contributed by atoms with Crippen molar-refractivity contribution in [2.75, 3.05) is 0 Å². The fraction of sp³-hybridized carbons (Fsp3) is 0.111. The van der Waals surface area contributed by atoms with Gasteiger partial charge in [0.15, 0.2) is 0 Å². The fourth-order valence-electron chi connectivity index (χ4n) is 1.31. The number of aromatic nitrogens is 2. The maximum atomic E-state index is 12.2. The molecule has 0 amide bonds. The van der Waals surface area contributed by atoms with Gasteiger partial charge in [-0.15, -0.1) is 0 Å². The topological polar surface area (TPSA) is 45.8 Å². The van der Waals surface area contributed by atoms with Crippen molar-refractivity contribution < 1.29 is 18.0 Å². The van der Waals surface area contributed by atoms with Gasteiger partial charge in [0.05, 0.1) is 11.8 Å². The predicted molar refractivity (Wildman–Crippen MR) is 53.4 cm³/mol. The third kappa shape index (κ3) is 2.19. The Morgan fingerprint density at radius 3 is 2.75 bits per heavy atom. The number of nitrogens with one attached hydrogen (secondary N) is 1. The summed E-state index contributed by atoms with van der Waals surface area (Å²) < 4.78 is 36.7. The van der Waals surface area contributed by atoms with Crippen LogP contribution in [0.25, 0.3) is 11.0 Å². The van der Waals surface area contributed by atoms with E-state index in [-0.39, 0.29) is 27.7 Å². The molecule has 1 heterocycles. The van der Waals surface area contributed by atoms with E-state index in [1.165, 1.54) is 18.5 Å². The zero-order valence-electron chi connectivity index (χ0n) is 7.71. The molecule has 2 aromatic rings. The second kappa shape index (κ2) is 3.82. The van der Waals surface area contributed by atoms with Crippen molar-refractivity contribution in [2.24, 2.45) is 0 Å². The number of hydrogen-bond donors (Lipinski definition) is 1. The van der Waals surface area contributed by atoms with E-state index >= 15 is 0 Å². The Kier molecular flexibility index (Phi) is 2.63. The highest BCUT2D eigenvalue weighted by Crippen LogP contribution is 2.39. The summed E-state index contributed by atoms with van der Waals surface area (Å²) in [6.07, 6.45) is 1.79. The first kappa shape index (κ1) is 11.0. The van der Waals surface area contributed by atoms with Gasteiger partial charge in [0.1, 0.15) is 11.8 Å². The number of alkyl halides is 3. The lowest BCUT2D eigenvalue weighted by atomic mass is 10.2. The number of H-pyrrole nitrogens is 1. The second-order valence-corrected chi connectivity index (χ2v) is 4.09. The maximum absolute atomic E-state index is 12.2. The minimum Gasteiger partial charge on any atom is -0.345 e. The van der Waals surface area contributed by atoms with E-state index in [0.29, 0.717) is 11.8 Å². The molecule has 84 valence electrons. The van der Waals surface area contributed by atoms with Gasteiger partial charge in [-0.1, -0.05) is 0 Å². The Balaban J connectivity index is 2.56. The molecule has 0 aliphatic carbocycles. The van der Waals surface area contributed by atoms with Gasteiger partial charge < -0.3 is 4.98 Å². The smallest absolute Gasteiger partial charge is 0.345 e. The molecular formula is C9H5F3N2OS. The van der Waals surface area contributed by atoms with E-state index in [4.69, 9.17) is 0 Å². The average molecular weight is 246 g/mol. The molecule has 1 N–H and O–H groups in total. The third-order valence-electron chi connectivity index (χ3n) is 1.87. The quantitative estimate of drug-likeness (QED) is 0.654. The van der Waals surface area contributed by atoms with Gasteiger partial charge in [0.25, 0.3) is 0 Å². The van der Waals surface area contributed by atoms with Crippen LogP contribution in [0.15, 0.2) is 23.4 Å². The monoisotopic (exact) mass is 246 g/mol. The number of carbonyl (C=O) groups is 1. The summed E-state index contributed by atoms with van der Waals surface area (Å²) in [4.78, 5) is 16.9. The summed E-state index contributed by atoms with van der Waals surface area (Å²) in [5, 5.41) is 0. The molecule has 0 aliphatic rings. The first-order valence-electron chi connectivity index (χ1n) is 4.17. The van der Waals surface area contributed by atoms with Crippen molar-refractivity contribution in [3.63, 3.8) is 0 Å². The molecule has 0 saturated carbocycles. The van der Waals surface area contributed by atoms with Crippen molar-refractivity contribution in [3.8, 4) is 0 Å². The number of carbonyl (C=O) groups excluding carboxylic acids is 1. The molecule has 16 heavy (non-hydrogen) atoms. The Labute approximate surface area is 92.1 Å². The molecule has 2 rings (SSSR count). The van der Waals surface area contributed by atoms with Crippen LogP contribution in [0, 0.1) is 0 Å². The number of fused-ring (bicyclic) bond motifs is 1. The Bertz CT molecular complexity index is 535. The van der Waals surface area contributed by atoms with Crippen molar-refractivity contribution in [1.82, 2.24) is 9.97 Å². The summed E-state index contributed by atoms with van der Waals surface area (Å²) in [6.45, 7) is 0. The van der Waals surface area contributed by atoms with E-state index in [1.807, 2.05) is 0 Å². The number of nitrogens with zero attached hydrogens (tertiary/aromatic N) is 1. The van der Waals surface area contributed by atoms with Crippen LogP contribution in [-0.4, -0.2) is 21.8 Å². The standard InChI is InChI=1S/C9H5F3N2OS/c10-9(11,12)16-7-2-5(3-15)1-6-8(7)14-4-13-6/h1-4H,(H,13,14). The lowest BCUT2D eigenvalue weighted by Crippen LogP contribution is -2.00. The molecule has 0 unspecified atom stereocenters. The number of halogens is 3. The van der Waals surface area contributed by atoms with E-state index in [0.717, 1.165) is 0 Å². The first-order valence-corrected chi connectivity index (χ1v) is 4.99. The van der Waals surface area contributed by atoms with Crippen molar-refractivity contribution in [1.29, 1.82) is 0 Å². The minimum atomic E-state index is -4.40. The Hall–Kier alpha value is -1.50. The molecule has 0 spiro atoms. The lowest BCUT2D eigenvalue weighted by molar-refractivity contribution is -0.0327. The number of hydrogen-bond acceptors (Lipinski definition) is 3. The normalized spacial score (nSPS) is 11.9. The molecule has 0 aliphatic heterocycles. The number of rotatable bonds is 2. The highest BCUT2D eigenvalue weighted by molar-refractivity contribution is 8.00. The number of aldehydes is 1. The van der Waals surface area contributed by atoms with E-state index in [9.17, 15) is 18.0 Å². The summed E-state index contributed by atoms with van der Waals surface area (Å²) >= 11 is -0.277. The molecule has 7 heteroatoms. The van der Waals surface area contributed by atoms with Crippen LogP contribution in [-0.2, 0) is 0 Å². The van der Waals surface area contributed by atoms with Gasteiger partial charge in [0.2, 0.25) is 0 Å². The highest BCUT2D eigenvalue weighted by Gasteiger charge is 2.30. The summed E-state index contributed by atoms with van der Waals surface area (Å²) in [7, 11) is 0. The molecule has 3 nitrogen and oxygen atoms in total. The van der Waals surface area contributed by atoms with E-state index in [2.05, 4.69) is 9.97 Å². The fourth-order valence-corrected chi connectivity index (χ4v) is 2.01. The van der Waals surface area contributed by atoms with Crippen LogP contribution in [0.1, 0.15) is 10.4 Å². The molecule has 0 radical (unpaired) electrons. The minimum absolute atomic E-state index is 0.0756. The molecule has 1 aromatic carbocycles. The molecule has 0 saturated heterocycles. The third-order valence-corrected chi connectivity index (χ3v) is 2.64. The highest BCUT2D eigenvalue weighted by atomic mass is 32.2. The number of benzene rings is 1. The SMILES string of the molecule is O=Cc1cc(SC(F)(F)F)c2nc[nH]c2c1. The molecular weight excluding hydrogens is 241 g/mol. The van der Waals surface area contributed by atoms with Crippen LogP contribution in [0.4, 0.5) is 13.2 Å². The van der Waals surface area contributed by atoms with E-state index < -0.39 is 5.51 Å². The van der Waals surface area contributed by atoms with Crippen LogP contribution >= 0.6 is 11.8 Å². The van der Waals surface area contributed by atoms with Gasteiger partial charge in [-0.25, -0.2) is 4.98 Å². The molecule has 0 bridgehead atoms. The van der Waals surface area contributed by atoms with Crippen LogP contribution < -0.4 is 0 Å². The van der Waals surface area contributed by atoms with Crippen molar-refractivity contribution in [3.05, 3.63) is 24.0 Å². The second-order valence-electron chi connectivity index (χ2n) is 2.98. The largest absolute Gasteiger partial charge is 0.446 e. The number of thioether (sulfide) groups is 1. The summed E-state index contributed by atoms with van der Waals surface area (Å²) in [5.41, 5.74) is -3.58.